The van der Waals surface area contributed by atoms with Crippen LogP contribution in [0.5, 0.6) is 0 Å². The number of aromatic nitrogens is 1. The van der Waals surface area contributed by atoms with E-state index in [1.54, 1.807) is 6.20 Å². The third-order valence-corrected chi connectivity index (χ3v) is 3.51. The van der Waals surface area contributed by atoms with Crippen molar-refractivity contribution in [3.8, 4) is 0 Å². The summed E-state index contributed by atoms with van der Waals surface area (Å²) >= 11 is 0. The summed E-state index contributed by atoms with van der Waals surface area (Å²) in [5.74, 6) is -1.34. The minimum atomic E-state index is -0.812. The monoisotopic (exact) mass is 262 g/mol. The van der Waals surface area contributed by atoms with Gasteiger partial charge in [-0.1, -0.05) is 12.5 Å². The van der Waals surface area contributed by atoms with E-state index in [4.69, 9.17) is 5.11 Å². The largest absolute Gasteiger partial charge is 0.481 e. The zero-order chi connectivity index (χ0) is 13.7. The number of hydrogen-bond donors (Lipinski definition) is 2. The number of nitrogens with one attached hydrogen (secondary N) is 1. The Morgan fingerprint density at radius 2 is 2.21 bits per heavy atom. The van der Waals surface area contributed by atoms with Crippen LogP contribution >= 0.6 is 0 Å². The molecule has 0 bridgehead atoms. The Balaban J connectivity index is 1.80. The van der Waals surface area contributed by atoms with Crippen LogP contribution in [0.4, 0.5) is 0 Å². The van der Waals surface area contributed by atoms with E-state index in [0.29, 0.717) is 19.3 Å². The van der Waals surface area contributed by atoms with Gasteiger partial charge in [-0.3, -0.25) is 14.6 Å². The third kappa shape index (κ3) is 3.77. The first kappa shape index (κ1) is 13.5. The molecule has 1 heterocycles. The van der Waals surface area contributed by atoms with Gasteiger partial charge in [-0.15, -0.1) is 0 Å². The molecule has 102 valence electrons. The van der Waals surface area contributed by atoms with E-state index in [-0.39, 0.29) is 11.9 Å². The van der Waals surface area contributed by atoms with Crippen molar-refractivity contribution >= 4 is 11.9 Å². The number of hydrogen-bond acceptors (Lipinski definition) is 3. The predicted octanol–water partition coefficient (Wildman–Crippen LogP) is 1.38. The topological polar surface area (TPSA) is 79.3 Å². The molecule has 0 saturated heterocycles. The first-order valence-corrected chi connectivity index (χ1v) is 6.59. The lowest BCUT2D eigenvalue weighted by molar-refractivity contribution is -0.142. The second-order valence-corrected chi connectivity index (χ2v) is 4.87. The highest BCUT2D eigenvalue weighted by Gasteiger charge is 2.33. The van der Waals surface area contributed by atoms with E-state index in [9.17, 15) is 9.59 Å². The second kappa shape index (κ2) is 6.31. The van der Waals surface area contributed by atoms with E-state index < -0.39 is 11.9 Å². The molecule has 2 unspecified atom stereocenters. The first-order valence-electron chi connectivity index (χ1n) is 6.59. The van der Waals surface area contributed by atoms with Gasteiger partial charge in [0.15, 0.2) is 0 Å². The first-order chi connectivity index (χ1) is 9.16. The standard InChI is InChI=1S/C14H18N2O3/c17-13(8-7-10-4-1-2-9-15-10)16-12-6-3-5-11(12)14(18)19/h1-2,4,9,11-12H,3,5-8H2,(H,16,17)(H,18,19). The number of carbonyl (C=O) groups is 2. The summed E-state index contributed by atoms with van der Waals surface area (Å²) in [7, 11) is 0. The lowest BCUT2D eigenvalue weighted by Crippen LogP contribution is -2.40. The van der Waals surface area contributed by atoms with Gasteiger partial charge in [0.1, 0.15) is 0 Å². The molecule has 0 spiro atoms. The third-order valence-electron chi connectivity index (χ3n) is 3.51. The average molecular weight is 262 g/mol. The minimum Gasteiger partial charge on any atom is -0.481 e. The van der Waals surface area contributed by atoms with Gasteiger partial charge in [0.2, 0.25) is 5.91 Å². The Morgan fingerprint density at radius 3 is 2.89 bits per heavy atom. The summed E-state index contributed by atoms with van der Waals surface area (Å²) in [6.07, 6.45) is 4.90. The number of rotatable bonds is 5. The Labute approximate surface area is 112 Å². The highest BCUT2D eigenvalue weighted by atomic mass is 16.4. The number of carbonyl (C=O) groups excluding carboxylic acids is 1. The van der Waals surface area contributed by atoms with Crippen LogP contribution in [0, 0.1) is 5.92 Å². The predicted molar refractivity (Wildman–Crippen MR) is 69.5 cm³/mol. The molecule has 1 aromatic rings. The molecular formula is C14H18N2O3. The molecule has 2 N–H and O–H groups in total. The second-order valence-electron chi connectivity index (χ2n) is 4.87. The summed E-state index contributed by atoms with van der Waals surface area (Å²) in [4.78, 5) is 27.0. The van der Waals surface area contributed by atoms with E-state index in [2.05, 4.69) is 10.3 Å². The number of carboxylic acids is 1. The van der Waals surface area contributed by atoms with Crippen molar-refractivity contribution in [1.82, 2.24) is 10.3 Å². The average Bonchev–Trinajstić information content (AvgIpc) is 2.86. The lowest BCUT2D eigenvalue weighted by Gasteiger charge is -2.17. The Hall–Kier alpha value is -1.91. The zero-order valence-corrected chi connectivity index (χ0v) is 10.7. The van der Waals surface area contributed by atoms with Crippen molar-refractivity contribution in [3.05, 3.63) is 30.1 Å². The smallest absolute Gasteiger partial charge is 0.308 e. The van der Waals surface area contributed by atoms with Crippen LogP contribution in [0.1, 0.15) is 31.4 Å². The molecule has 2 atom stereocenters. The summed E-state index contributed by atoms with van der Waals surface area (Å²) in [6.45, 7) is 0. The van der Waals surface area contributed by atoms with Crippen molar-refractivity contribution in [1.29, 1.82) is 0 Å². The maximum absolute atomic E-state index is 11.8. The molecule has 1 saturated carbocycles. The Morgan fingerprint density at radius 1 is 1.37 bits per heavy atom. The molecule has 0 aromatic carbocycles. The van der Waals surface area contributed by atoms with Crippen LogP contribution in [0.3, 0.4) is 0 Å². The van der Waals surface area contributed by atoms with Gasteiger partial charge in [0.25, 0.3) is 0 Å². The zero-order valence-electron chi connectivity index (χ0n) is 10.7. The maximum atomic E-state index is 11.8. The van der Waals surface area contributed by atoms with E-state index in [0.717, 1.165) is 18.5 Å². The molecule has 2 rings (SSSR count). The van der Waals surface area contributed by atoms with Gasteiger partial charge >= 0.3 is 5.97 Å². The normalized spacial score (nSPS) is 22.1. The van der Waals surface area contributed by atoms with Crippen LogP contribution in [-0.4, -0.2) is 28.0 Å². The van der Waals surface area contributed by atoms with Crippen molar-refractivity contribution in [2.24, 2.45) is 5.92 Å². The van der Waals surface area contributed by atoms with E-state index >= 15 is 0 Å². The lowest BCUT2D eigenvalue weighted by atomic mass is 10.0. The summed E-state index contributed by atoms with van der Waals surface area (Å²) in [5.41, 5.74) is 0.874. The molecule has 1 aliphatic rings. The quantitative estimate of drug-likeness (QED) is 0.840. The molecule has 1 fully saturated rings. The van der Waals surface area contributed by atoms with Gasteiger partial charge in [-0.25, -0.2) is 0 Å². The van der Waals surface area contributed by atoms with Gasteiger partial charge in [0, 0.05) is 24.4 Å². The molecule has 1 aliphatic carbocycles. The van der Waals surface area contributed by atoms with Crippen LogP contribution in [0.15, 0.2) is 24.4 Å². The fourth-order valence-electron chi connectivity index (χ4n) is 2.49. The molecule has 1 aromatic heterocycles. The number of aryl methyl sites for hydroxylation is 1. The number of aliphatic carboxylic acids is 1. The van der Waals surface area contributed by atoms with Crippen LogP contribution < -0.4 is 5.32 Å². The number of pyridine rings is 1. The van der Waals surface area contributed by atoms with Crippen molar-refractivity contribution in [2.75, 3.05) is 0 Å². The molecule has 0 radical (unpaired) electrons. The number of amides is 1. The number of carboxylic acid groups (broad SMARTS) is 1. The maximum Gasteiger partial charge on any atom is 0.308 e. The highest BCUT2D eigenvalue weighted by Crippen LogP contribution is 2.25. The number of nitrogens with zero attached hydrogens (tertiary/aromatic N) is 1. The minimum absolute atomic E-state index is 0.0937. The van der Waals surface area contributed by atoms with Gasteiger partial charge < -0.3 is 10.4 Å². The molecular weight excluding hydrogens is 244 g/mol. The van der Waals surface area contributed by atoms with Crippen molar-refractivity contribution in [3.63, 3.8) is 0 Å². The summed E-state index contributed by atoms with van der Waals surface area (Å²) in [6, 6.07) is 5.38. The van der Waals surface area contributed by atoms with Crippen molar-refractivity contribution < 1.29 is 14.7 Å². The summed E-state index contributed by atoms with van der Waals surface area (Å²) < 4.78 is 0. The molecule has 1 amide bonds. The fourth-order valence-corrected chi connectivity index (χ4v) is 2.49. The van der Waals surface area contributed by atoms with Crippen molar-refractivity contribution in [2.45, 2.75) is 38.1 Å². The molecule has 5 heteroatoms. The van der Waals surface area contributed by atoms with Gasteiger partial charge in [0.05, 0.1) is 5.92 Å². The molecule has 19 heavy (non-hydrogen) atoms. The van der Waals surface area contributed by atoms with Crippen LogP contribution in [0.25, 0.3) is 0 Å². The highest BCUT2D eigenvalue weighted by molar-refractivity contribution is 5.78. The van der Waals surface area contributed by atoms with Gasteiger partial charge in [-0.2, -0.15) is 0 Å². The van der Waals surface area contributed by atoms with Crippen LogP contribution in [0.2, 0.25) is 0 Å². The van der Waals surface area contributed by atoms with E-state index in [1.165, 1.54) is 0 Å². The van der Waals surface area contributed by atoms with Crippen LogP contribution in [-0.2, 0) is 16.0 Å². The Bertz CT molecular complexity index is 447. The Kier molecular flexibility index (Phi) is 4.49. The molecule has 0 aliphatic heterocycles. The van der Waals surface area contributed by atoms with E-state index in [1.807, 2.05) is 18.2 Å². The SMILES string of the molecule is O=C(CCc1ccccn1)NC1CCCC1C(=O)O. The summed E-state index contributed by atoms with van der Waals surface area (Å²) in [5, 5.41) is 11.9. The molecule has 5 nitrogen and oxygen atoms in total. The fraction of sp³-hybridized carbons (Fsp3) is 0.500. The van der Waals surface area contributed by atoms with Gasteiger partial charge in [-0.05, 0) is 31.4 Å².